The monoisotopic (exact) mass is 458 g/mol. The second kappa shape index (κ2) is 7.76. The van der Waals surface area contributed by atoms with Gasteiger partial charge in [0.05, 0.1) is 25.0 Å². The minimum Gasteiger partial charge on any atom is -0.434 e. The molecule has 1 fully saturated rings. The maximum absolute atomic E-state index is 13.4. The van der Waals surface area contributed by atoms with Crippen molar-refractivity contribution in [2.45, 2.75) is 18.8 Å². The van der Waals surface area contributed by atoms with Gasteiger partial charge in [0.2, 0.25) is 5.89 Å². The molecule has 6 rings (SSSR count). The molecule has 1 aliphatic heterocycles. The number of halogens is 2. The first-order valence-corrected chi connectivity index (χ1v) is 11.1. The molecule has 4 heterocycles. The standard InChI is InChI=1S/C26H20F2N4O2/c27-26(28)15-31(16-26)20-13-19-11-12-32(25(33)21(19)29-14-20)23-22(17-7-3-1-4-8-17)34-24(30-23)18-9-5-2-6-10-18/h1-3,5-7,9-14H,4,8,15-16H2. The van der Waals surface area contributed by atoms with Gasteiger partial charge in [-0.2, -0.15) is 4.98 Å². The lowest BCUT2D eigenvalue weighted by atomic mass is 10.0. The van der Waals surface area contributed by atoms with Crippen LogP contribution >= 0.6 is 0 Å². The summed E-state index contributed by atoms with van der Waals surface area (Å²) in [7, 11) is 0. The minimum atomic E-state index is -2.68. The highest BCUT2D eigenvalue weighted by Crippen LogP contribution is 2.34. The van der Waals surface area contributed by atoms with E-state index in [0.29, 0.717) is 28.5 Å². The fraction of sp³-hybridized carbons (Fsp3) is 0.192. The molecule has 8 heteroatoms. The minimum absolute atomic E-state index is 0.242. The summed E-state index contributed by atoms with van der Waals surface area (Å²) in [4.78, 5) is 24.0. The van der Waals surface area contributed by atoms with Crippen LogP contribution < -0.4 is 10.5 Å². The van der Waals surface area contributed by atoms with E-state index in [9.17, 15) is 13.6 Å². The van der Waals surface area contributed by atoms with E-state index in [1.165, 1.54) is 10.8 Å². The van der Waals surface area contributed by atoms with Crippen LogP contribution in [0, 0.1) is 0 Å². The Morgan fingerprint density at radius 3 is 2.65 bits per heavy atom. The number of alkyl halides is 2. The number of hydrogen-bond donors (Lipinski definition) is 0. The van der Waals surface area contributed by atoms with Gasteiger partial charge in [-0.3, -0.25) is 9.36 Å². The summed E-state index contributed by atoms with van der Waals surface area (Å²) in [5.41, 5.74) is 2.24. The van der Waals surface area contributed by atoms with Gasteiger partial charge in [-0.15, -0.1) is 0 Å². The Morgan fingerprint density at radius 2 is 1.91 bits per heavy atom. The Balaban J connectivity index is 1.46. The average molecular weight is 458 g/mol. The van der Waals surface area contributed by atoms with Crippen LogP contribution in [0.5, 0.6) is 0 Å². The average Bonchev–Trinajstić information content (AvgIpc) is 3.29. The molecule has 3 aromatic heterocycles. The summed E-state index contributed by atoms with van der Waals surface area (Å²) in [6.45, 7) is -0.684. The predicted octanol–water partition coefficient (Wildman–Crippen LogP) is 5.23. The van der Waals surface area contributed by atoms with Crippen molar-refractivity contribution in [1.82, 2.24) is 14.5 Å². The van der Waals surface area contributed by atoms with Gasteiger partial charge < -0.3 is 9.32 Å². The molecule has 1 aromatic carbocycles. The van der Waals surface area contributed by atoms with E-state index < -0.39 is 5.92 Å². The van der Waals surface area contributed by atoms with Crippen LogP contribution in [0.3, 0.4) is 0 Å². The van der Waals surface area contributed by atoms with Crippen LogP contribution in [-0.2, 0) is 0 Å². The van der Waals surface area contributed by atoms with Gasteiger partial charge in [0.1, 0.15) is 5.52 Å². The first-order chi connectivity index (χ1) is 16.5. The van der Waals surface area contributed by atoms with Crippen LogP contribution in [0.1, 0.15) is 18.6 Å². The Hall–Kier alpha value is -4.07. The molecule has 1 saturated heterocycles. The molecule has 2 aliphatic rings. The van der Waals surface area contributed by atoms with E-state index in [4.69, 9.17) is 4.42 Å². The maximum atomic E-state index is 13.4. The fourth-order valence-corrected chi connectivity index (χ4v) is 4.33. The lowest BCUT2D eigenvalue weighted by Crippen LogP contribution is -2.56. The normalized spacial score (nSPS) is 17.0. The third kappa shape index (κ3) is 3.51. The number of pyridine rings is 2. The number of nitrogens with zero attached hydrogens (tertiary/aromatic N) is 4. The number of benzene rings is 1. The number of aromatic nitrogens is 3. The van der Waals surface area contributed by atoms with E-state index >= 15 is 0 Å². The van der Waals surface area contributed by atoms with Gasteiger partial charge in [0, 0.05) is 17.1 Å². The van der Waals surface area contributed by atoms with Crippen LogP contribution in [0.4, 0.5) is 14.5 Å². The quantitative estimate of drug-likeness (QED) is 0.419. The molecule has 34 heavy (non-hydrogen) atoms. The molecule has 0 bridgehead atoms. The summed E-state index contributed by atoms with van der Waals surface area (Å²) < 4.78 is 34.2. The van der Waals surface area contributed by atoms with Crippen molar-refractivity contribution >= 4 is 22.2 Å². The topological polar surface area (TPSA) is 64.2 Å². The second-order valence-corrected chi connectivity index (χ2v) is 8.53. The molecule has 0 N–H and O–H groups in total. The molecule has 0 amide bonds. The SMILES string of the molecule is O=c1c2ncc(N3CC(F)(F)C3)cc2ccn1-c1nc(-c2ccccc2)oc1C1=CC=CCC1. The van der Waals surface area contributed by atoms with Crippen molar-refractivity contribution < 1.29 is 13.2 Å². The molecule has 0 atom stereocenters. The van der Waals surface area contributed by atoms with Crippen molar-refractivity contribution in [3.8, 4) is 17.3 Å². The van der Waals surface area contributed by atoms with Crippen molar-refractivity contribution in [1.29, 1.82) is 0 Å². The highest BCUT2D eigenvalue weighted by Gasteiger charge is 2.44. The van der Waals surface area contributed by atoms with Gasteiger partial charge in [0.25, 0.3) is 11.5 Å². The Labute approximate surface area is 193 Å². The zero-order valence-corrected chi connectivity index (χ0v) is 18.1. The Morgan fingerprint density at radius 1 is 1.09 bits per heavy atom. The molecule has 0 radical (unpaired) electrons. The van der Waals surface area contributed by atoms with Crippen LogP contribution in [-0.4, -0.2) is 33.5 Å². The maximum Gasteiger partial charge on any atom is 0.282 e. The molecule has 1 aliphatic carbocycles. The highest BCUT2D eigenvalue weighted by molar-refractivity contribution is 5.82. The Bertz CT molecular complexity index is 1510. The molecular formula is C26H20F2N4O2. The fourth-order valence-electron chi connectivity index (χ4n) is 4.33. The third-order valence-corrected chi connectivity index (χ3v) is 6.10. The predicted molar refractivity (Wildman–Crippen MR) is 126 cm³/mol. The largest absolute Gasteiger partial charge is 0.434 e. The summed E-state index contributed by atoms with van der Waals surface area (Å²) >= 11 is 0. The number of oxazole rings is 1. The van der Waals surface area contributed by atoms with Crippen molar-refractivity contribution in [2.24, 2.45) is 0 Å². The summed E-state index contributed by atoms with van der Waals surface area (Å²) in [6, 6.07) is 13.0. The first-order valence-electron chi connectivity index (χ1n) is 11.1. The van der Waals surface area contributed by atoms with Gasteiger partial charge in [-0.1, -0.05) is 36.4 Å². The first kappa shape index (κ1) is 20.5. The molecule has 0 saturated carbocycles. The van der Waals surface area contributed by atoms with Crippen molar-refractivity contribution in [3.05, 3.63) is 89.2 Å². The highest BCUT2D eigenvalue weighted by atomic mass is 19.3. The lowest BCUT2D eigenvalue weighted by Gasteiger charge is -2.40. The van der Waals surface area contributed by atoms with E-state index in [2.05, 4.69) is 16.0 Å². The molecular weight excluding hydrogens is 438 g/mol. The smallest absolute Gasteiger partial charge is 0.282 e. The molecule has 0 spiro atoms. The van der Waals surface area contributed by atoms with E-state index in [-0.39, 0.29) is 24.2 Å². The van der Waals surface area contributed by atoms with Gasteiger partial charge in [0.15, 0.2) is 11.6 Å². The molecule has 6 nitrogen and oxygen atoms in total. The summed E-state index contributed by atoms with van der Waals surface area (Å²) in [5, 5.41) is 0.585. The zero-order chi connectivity index (χ0) is 23.3. The van der Waals surface area contributed by atoms with Gasteiger partial charge in [-0.25, -0.2) is 13.8 Å². The van der Waals surface area contributed by atoms with E-state index in [1.54, 1.807) is 23.2 Å². The van der Waals surface area contributed by atoms with E-state index in [0.717, 1.165) is 24.0 Å². The molecule has 170 valence electrons. The number of hydrogen-bond acceptors (Lipinski definition) is 5. The zero-order valence-electron chi connectivity index (χ0n) is 18.1. The summed E-state index contributed by atoms with van der Waals surface area (Å²) in [5.74, 6) is -1.30. The Kier molecular flexibility index (Phi) is 4.69. The van der Waals surface area contributed by atoms with Crippen LogP contribution in [0.15, 0.2) is 82.3 Å². The second-order valence-electron chi connectivity index (χ2n) is 8.53. The van der Waals surface area contributed by atoms with Crippen molar-refractivity contribution in [3.63, 3.8) is 0 Å². The van der Waals surface area contributed by atoms with Crippen LogP contribution in [0.2, 0.25) is 0 Å². The van der Waals surface area contributed by atoms with Gasteiger partial charge in [-0.05, 0) is 42.7 Å². The number of rotatable bonds is 4. The summed E-state index contributed by atoms with van der Waals surface area (Å²) in [6.07, 6.45) is 10.8. The van der Waals surface area contributed by atoms with Crippen molar-refractivity contribution in [2.75, 3.05) is 18.0 Å². The van der Waals surface area contributed by atoms with E-state index in [1.807, 2.05) is 42.5 Å². The number of allylic oxidation sites excluding steroid dienone is 4. The molecule has 4 aromatic rings. The third-order valence-electron chi connectivity index (χ3n) is 6.10. The molecule has 0 unspecified atom stereocenters. The number of anilines is 1. The van der Waals surface area contributed by atoms with Gasteiger partial charge >= 0.3 is 0 Å². The lowest BCUT2D eigenvalue weighted by molar-refractivity contribution is -0.0262. The number of fused-ring (bicyclic) bond motifs is 1. The van der Waals surface area contributed by atoms with Crippen LogP contribution in [0.25, 0.3) is 33.7 Å².